The topological polar surface area (TPSA) is 361 Å². The van der Waals surface area contributed by atoms with Crippen molar-refractivity contribution < 1.29 is 94.4 Å². The highest BCUT2D eigenvalue weighted by Gasteiger charge is 2.57. The van der Waals surface area contributed by atoms with Crippen LogP contribution in [0.3, 0.4) is 0 Å². The molecule has 0 radical (unpaired) electrons. The largest absolute Gasteiger partial charge is 0.480 e. The fraction of sp³-hybridized carbons (Fsp3) is 0.839. The Kier molecular flexibility index (Phi) is 22.7. The van der Waals surface area contributed by atoms with Crippen LogP contribution < -0.4 is 5.32 Å². The van der Waals surface area contributed by atoms with Gasteiger partial charge in [0.05, 0.1) is 38.9 Å². The maximum absolute atomic E-state index is 12.4. The highest BCUT2D eigenvalue weighted by Crippen LogP contribution is 2.36. The van der Waals surface area contributed by atoms with Crippen LogP contribution >= 0.6 is 0 Å². The number of nitrogens with one attached hydrogen (secondary N) is 1. The Labute approximate surface area is 310 Å². The number of hydrogen-bond donors (Lipinski definition) is 12. The fourth-order valence-electron chi connectivity index (χ4n) is 5.59. The SMILES string of the molecule is CC.O=C(O)CN(CCN(CCN(CC(=O)O)CC(=O)O)C(CCCCNCC(O)C(O)C(OC1OC2OC2C(O)C1O)C(O)CO)C(=O)O)CC(=O)O. The molecule has 0 amide bonds. The third kappa shape index (κ3) is 17.5. The molecule has 0 aromatic carbocycles. The molecule has 2 aliphatic rings. The van der Waals surface area contributed by atoms with Gasteiger partial charge in [-0.15, -0.1) is 0 Å². The lowest BCUT2D eigenvalue weighted by Gasteiger charge is -2.36. The number of epoxide rings is 1. The van der Waals surface area contributed by atoms with Gasteiger partial charge in [-0.1, -0.05) is 20.3 Å². The zero-order chi connectivity index (χ0) is 41.1. The first-order chi connectivity index (χ1) is 25.4. The molecule has 2 saturated heterocycles. The molecular formula is C31H56N4O19. The summed E-state index contributed by atoms with van der Waals surface area (Å²) in [6.07, 6.45) is -12.4. The molecule has 0 aliphatic carbocycles. The molecule has 54 heavy (non-hydrogen) atoms. The molecule has 0 saturated carbocycles. The van der Waals surface area contributed by atoms with E-state index >= 15 is 0 Å². The summed E-state index contributed by atoms with van der Waals surface area (Å²) in [7, 11) is 0. The van der Waals surface area contributed by atoms with Crippen molar-refractivity contribution in [1.29, 1.82) is 0 Å². The number of aliphatic carboxylic acids is 5. The van der Waals surface area contributed by atoms with E-state index in [2.05, 4.69) is 5.32 Å². The standard InChI is InChI=1S/C29H50N4O19.C2H6/c34-14-17(36)25(50-28-24(47)23(46)26-29(51-26)52-28)22(45)16(35)9-30-4-2-1-3-15(27(48)49)33(7-5-31(10-18(37)38)11-19(39)40)8-6-32(12-20(41)42)13-21(43)44;1-2/h15-17,22-26,28-30,34-36,45-47H,1-14H2,(H,37,38)(H,39,40)(H,41,42)(H,43,44)(H,48,49);1-2H3. The number of aliphatic hydroxyl groups excluding tert-OH is 6. The second-order valence-electron chi connectivity index (χ2n) is 12.4. The number of carboxylic acid groups (broad SMARTS) is 5. The van der Waals surface area contributed by atoms with Crippen LogP contribution in [0.4, 0.5) is 0 Å². The molecule has 2 rings (SSSR count). The Morgan fingerprint density at radius 1 is 0.722 bits per heavy atom. The van der Waals surface area contributed by atoms with E-state index in [9.17, 15) is 59.7 Å². The zero-order valence-corrected chi connectivity index (χ0v) is 30.2. The molecule has 2 heterocycles. The van der Waals surface area contributed by atoms with Crippen LogP contribution in [0.15, 0.2) is 0 Å². The zero-order valence-electron chi connectivity index (χ0n) is 30.2. The number of carboxylic acids is 5. The number of ether oxygens (including phenoxy) is 3. The molecule has 314 valence electrons. The van der Waals surface area contributed by atoms with Crippen LogP contribution in [-0.2, 0) is 38.2 Å². The predicted molar refractivity (Wildman–Crippen MR) is 180 cm³/mol. The lowest BCUT2D eigenvalue weighted by atomic mass is 10.0. The molecule has 2 aliphatic heterocycles. The van der Waals surface area contributed by atoms with Gasteiger partial charge in [0.25, 0.3) is 0 Å². The summed E-state index contributed by atoms with van der Waals surface area (Å²) in [4.78, 5) is 60.8. The van der Waals surface area contributed by atoms with Crippen LogP contribution in [0.5, 0.6) is 0 Å². The van der Waals surface area contributed by atoms with Crippen LogP contribution in [0.25, 0.3) is 0 Å². The number of aliphatic hydroxyl groups is 6. The smallest absolute Gasteiger partial charge is 0.320 e. The first-order valence-corrected chi connectivity index (χ1v) is 17.4. The van der Waals surface area contributed by atoms with Gasteiger partial charge < -0.3 is 75.7 Å². The van der Waals surface area contributed by atoms with Crippen LogP contribution in [0.1, 0.15) is 33.1 Å². The second-order valence-corrected chi connectivity index (χ2v) is 12.4. The van der Waals surface area contributed by atoms with Gasteiger partial charge >= 0.3 is 29.8 Å². The number of unbranched alkanes of at least 4 members (excludes halogenated alkanes) is 1. The van der Waals surface area contributed by atoms with E-state index in [1.165, 1.54) is 4.90 Å². The highest BCUT2D eigenvalue weighted by atomic mass is 16.8. The maximum Gasteiger partial charge on any atom is 0.320 e. The summed E-state index contributed by atoms with van der Waals surface area (Å²) in [5, 5.41) is 111. The average molecular weight is 789 g/mol. The molecule has 12 N–H and O–H groups in total. The van der Waals surface area contributed by atoms with Gasteiger partial charge in [-0.3, -0.25) is 38.7 Å². The normalized spacial score (nSPS) is 23.4. The molecule has 10 unspecified atom stereocenters. The lowest BCUT2D eigenvalue weighted by molar-refractivity contribution is -0.287. The Hall–Kier alpha value is -3.17. The van der Waals surface area contributed by atoms with Crippen molar-refractivity contribution in [2.24, 2.45) is 0 Å². The summed E-state index contributed by atoms with van der Waals surface area (Å²) in [5.74, 6) is -6.58. The summed E-state index contributed by atoms with van der Waals surface area (Å²) in [6.45, 7) is -0.333. The van der Waals surface area contributed by atoms with Gasteiger partial charge in [0, 0.05) is 32.7 Å². The van der Waals surface area contributed by atoms with Gasteiger partial charge in [-0.2, -0.15) is 0 Å². The summed E-state index contributed by atoms with van der Waals surface area (Å²) in [5.41, 5.74) is 0. The van der Waals surface area contributed by atoms with Crippen molar-refractivity contribution in [3.8, 4) is 0 Å². The van der Waals surface area contributed by atoms with Gasteiger partial charge in [-0.05, 0) is 19.4 Å². The van der Waals surface area contributed by atoms with E-state index in [4.69, 9.17) is 34.6 Å². The average Bonchev–Trinajstić information content (AvgIpc) is 3.88. The summed E-state index contributed by atoms with van der Waals surface area (Å²) < 4.78 is 15.7. The number of hydrogen-bond acceptors (Lipinski definition) is 18. The fourth-order valence-corrected chi connectivity index (χ4v) is 5.59. The molecule has 0 bridgehead atoms. The molecule has 10 atom stereocenters. The molecule has 0 spiro atoms. The number of nitrogens with zero attached hydrogens (tertiary/aromatic N) is 3. The molecular weight excluding hydrogens is 732 g/mol. The van der Waals surface area contributed by atoms with Gasteiger partial charge in [-0.25, -0.2) is 0 Å². The molecule has 23 nitrogen and oxygen atoms in total. The molecule has 23 heteroatoms. The maximum atomic E-state index is 12.4. The quantitative estimate of drug-likeness (QED) is 0.0249. The predicted octanol–water partition coefficient (Wildman–Crippen LogP) is -5.27. The highest BCUT2D eigenvalue weighted by molar-refractivity contribution is 5.74. The van der Waals surface area contributed by atoms with Crippen molar-refractivity contribution in [3.63, 3.8) is 0 Å². The Morgan fingerprint density at radius 3 is 1.67 bits per heavy atom. The molecule has 2 fully saturated rings. The minimum atomic E-state index is -1.82. The van der Waals surface area contributed by atoms with Crippen molar-refractivity contribution in [2.75, 3.05) is 72.1 Å². The first-order valence-electron chi connectivity index (χ1n) is 17.4. The van der Waals surface area contributed by atoms with Gasteiger partial charge in [0.2, 0.25) is 0 Å². The third-order valence-electron chi connectivity index (χ3n) is 8.31. The third-order valence-corrected chi connectivity index (χ3v) is 8.31. The van der Waals surface area contributed by atoms with E-state index in [1.54, 1.807) is 0 Å². The van der Waals surface area contributed by atoms with E-state index < -0.39 is 124 Å². The Bertz CT molecular complexity index is 1100. The van der Waals surface area contributed by atoms with E-state index in [0.29, 0.717) is 6.42 Å². The molecule has 0 aromatic rings. The van der Waals surface area contributed by atoms with Crippen molar-refractivity contribution in [3.05, 3.63) is 0 Å². The Morgan fingerprint density at radius 2 is 1.22 bits per heavy atom. The summed E-state index contributed by atoms with van der Waals surface area (Å²) in [6, 6.07) is -1.23. The van der Waals surface area contributed by atoms with Gasteiger partial charge in [0.1, 0.15) is 42.7 Å². The van der Waals surface area contributed by atoms with Crippen LogP contribution in [0.2, 0.25) is 0 Å². The van der Waals surface area contributed by atoms with Crippen molar-refractivity contribution >= 4 is 29.8 Å². The number of rotatable bonds is 29. The second kappa shape index (κ2) is 25.1. The van der Waals surface area contributed by atoms with Crippen molar-refractivity contribution in [2.45, 2.75) is 94.5 Å². The minimum absolute atomic E-state index is 0.00233. The van der Waals surface area contributed by atoms with E-state index in [-0.39, 0.29) is 52.1 Å². The Balaban J connectivity index is 0.00000716. The number of fused-ring (bicyclic) bond motifs is 1. The van der Waals surface area contributed by atoms with Crippen molar-refractivity contribution in [1.82, 2.24) is 20.0 Å². The van der Waals surface area contributed by atoms with Gasteiger partial charge in [0.15, 0.2) is 12.6 Å². The number of carbonyl (C=O) groups is 5. The monoisotopic (exact) mass is 788 g/mol. The first kappa shape index (κ1) is 48.8. The summed E-state index contributed by atoms with van der Waals surface area (Å²) >= 11 is 0. The molecule has 0 aromatic heterocycles. The van der Waals surface area contributed by atoms with E-state index in [0.717, 1.165) is 9.80 Å². The minimum Gasteiger partial charge on any atom is -0.480 e. The van der Waals surface area contributed by atoms with Crippen LogP contribution in [0, 0.1) is 0 Å². The van der Waals surface area contributed by atoms with E-state index in [1.807, 2.05) is 13.8 Å². The van der Waals surface area contributed by atoms with Crippen LogP contribution in [-0.4, -0.2) is 234 Å². The lowest BCUT2D eigenvalue weighted by Crippen LogP contribution is -2.56.